The summed E-state index contributed by atoms with van der Waals surface area (Å²) in [6.45, 7) is 3.79. The Labute approximate surface area is 228 Å². The molecule has 1 N–H and O–H groups in total. The number of thiophene rings is 1. The van der Waals surface area contributed by atoms with Crippen LogP contribution in [0.2, 0.25) is 5.02 Å². The van der Waals surface area contributed by atoms with E-state index < -0.39 is 5.97 Å². The van der Waals surface area contributed by atoms with Gasteiger partial charge in [-0.25, -0.2) is 4.79 Å². The van der Waals surface area contributed by atoms with Gasteiger partial charge in [0.05, 0.1) is 12.9 Å². The number of hydrogen-bond donors (Lipinski definition) is 1. The second-order valence-corrected chi connectivity index (χ2v) is 10.3. The van der Waals surface area contributed by atoms with E-state index in [1.165, 1.54) is 30.2 Å². The van der Waals surface area contributed by atoms with Gasteiger partial charge >= 0.3 is 5.97 Å². The van der Waals surface area contributed by atoms with E-state index in [1.807, 2.05) is 62.7 Å². The number of nitrogens with zero attached hydrogens (tertiary/aromatic N) is 3. The number of aryl methyl sites for hydroxylation is 1. The molecule has 4 aromatic rings. The molecule has 1 amide bonds. The number of amides is 1. The largest absolute Gasteiger partial charge is 0.483 e. The SMILES string of the molecule is COC(=O)c1c(-c2ccccc2)csc1NC(=O)CSc1nnc(C(C)Oc2ccc(Cl)c(C)c2)n1C. The summed E-state index contributed by atoms with van der Waals surface area (Å²) in [6.07, 6.45) is -0.369. The summed E-state index contributed by atoms with van der Waals surface area (Å²) < 4.78 is 12.8. The summed E-state index contributed by atoms with van der Waals surface area (Å²) in [5.74, 6) is 0.594. The van der Waals surface area contributed by atoms with Crippen LogP contribution in [0.1, 0.15) is 34.8 Å². The number of aromatic nitrogens is 3. The molecule has 1 unspecified atom stereocenters. The standard InChI is InChI=1S/C26H25ClN4O4S2/c1-15-12-18(10-11-20(15)27)35-16(2)23-29-30-26(31(23)3)37-14-21(32)28-24-22(25(33)34-4)19(13-36-24)17-8-6-5-7-9-17/h5-13,16H,14H2,1-4H3,(H,28,32). The smallest absolute Gasteiger partial charge is 0.341 e. The number of hydrogen-bond acceptors (Lipinski definition) is 8. The normalized spacial score (nSPS) is 11.7. The van der Waals surface area contributed by atoms with Gasteiger partial charge in [0.1, 0.15) is 16.3 Å². The van der Waals surface area contributed by atoms with Gasteiger partial charge in [0.15, 0.2) is 17.1 Å². The molecule has 0 radical (unpaired) electrons. The van der Waals surface area contributed by atoms with Gasteiger partial charge in [-0.2, -0.15) is 0 Å². The van der Waals surface area contributed by atoms with Crippen LogP contribution in [-0.4, -0.2) is 39.5 Å². The topological polar surface area (TPSA) is 95.3 Å². The fourth-order valence-electron chi connectivity index (χ4n) is 3.63. The third-order valence-electron chi connectivity index (χ3n) is 5.53. The lowest BCUT2D eigenvalue weighted by Crippen LogP contribution is -2.16. The third-order valence-corrected chi connectivity index (χ3v) is 7.86. The molecule has 0 spiro atoms. The molecule has 2 aromatic carbocycles. The highest BCUT2D eigenvalue weighted by Crippen LogP contribution is 2.36. The van der Waals surface area contributed by atoms with E-state index in [0.29, 0.717) is 37.9 Å². The van der Waals surface area contributed by atoms with E-state index in [2.05, 4.69) is 15.5 Å². The molecule has 1 atom stereocenters. The van der Waals surface area contributed by atoms with Crippen LogP contribution in [0.15, 0.2) is 59.1 Å². The zero-order valence-electron chi connectivity index (χ0n) is 20.6. The second-order valence-electron chi connectivity index (χ2n) is 8.12. The van der Waals surface area contributed by atoms with E-state index >= 15 is 0 Å². The number of ether oxygens (including phenoxy) is 2. The van der Waals surface area contributed by atoms with Gasteiger partial charge in [0.2, 0.25) is 5.91 Å². The Morgan fingerprint density at radius 2 is 1.95 bits per heavy atom. The van der Waals surface area contributed by atoms with Crippen molar-refractivity contribution in [1.29, 1.82) is 0 Å². The maximum Gasteiger partial charge on any atom is 0.341 e. The Bertz CT molecular complexity index is 1420. The van der Waals surface area contributed by atoms with Crippen molar-refractivity contribution in [1.82, 2.24) is 14.8 Å². The van der Waals surface area contributed by atoms with Crippen molar-refractivity contribution in [3.8, 4) is 16.9 Å². The molecule has 0 saturated carbocycles. The van der Waals surface area contributed by atoms with Crippen molar-refractivity contribution in [3.63, 3.8) is 0 Å². The summed E-state index contributed by atoms with van der Waals surface area (Å²) in [6, 6.07) is 14.9. The molecule has 0 bridgehead atoms. The molecule has 0 aliphatic rings. The van der Waals surface area contributed by atoms with Crippen molar-refractivity contribution < 1.29 is 19.1 Å². The van der Waals surface area contributed by atoms with Gasteiger partial charge < -0.3 is 19.4 Å². The van der Waals surface area contributed by atoms with Crippen molar-refractivity contribution in [2.45, 2.75) is 25.1 Å². The summed E-state index contributed by atoms with van der Waals surface area (Å²) in [4.78, 5) is 25.3. The highest BCUT2D eigenvalue weighted by atomic mass is 35.5. The molecule has 11 heteroatoms. The van der Waals surface area contributed by atoms with Crippen LogP contribution < -0.4 is 10.1 Å². The fourth-order valence-corrected chi connectivity index (χ4v) is 5.44. The van der Waals surface area contributed by atoms with Crippen LogP contribution in [0.25, 0.3) is 11.1 Å². The van der Waals surface area contributed by atoms with Gasteiger partial charge in [0.25, 0.3) is 0 Å². The lowest BCUT2D eigenvalue weighted by Gasteiger charge is -2.15. The average molecular weight is 557 g/mol. The lowest BCUT2D eigenvalue weighted by atomic mass is 10.0. The molecule has 0 aliphatic carbocycles. The van der Waals surface area contributed by atoms with Crippen molar-refractivity contribution >= 4 is 51.6 Å². The van der Waals surface area contributed by atoms with Crippen LogP contribution in [0.4, 0.5) is 5.00 Å². The summed E-state index contributed by atoms with van der Waals surface area (Å²) in [7, 11) is 3.14. The van der Waals surface area contributed by atoms with E-state index in [9.17, 15) is 9.59 Å². The Balaban J connectivity index is 1.42. The first-order valence-corrected chi connectivity index (χ1v) is 13.5. The molecule has 0 fully saturated rings. The first-order valence-electron chi connectivity index (χ1n) is 11.3. The van der Waals surface area contributed by atoms with E-state index in [-0.39, 0.29) is 17.8 Å². The number of thioether (sulfide) groups is 1. The molecule has 192 valence electrons. The fraction of sp³-hybridized carbons (Fsp3) is 0.231. The number of halogens is 1. The van der Waals surface area contributed by atoms with Gasteiger partial charge in [-0.1, -0.05) is 53.7 Å². The number of methoxy groups -OCH3 is 1. The van der Waals surface area contributed by atoms with Crippen LogP contribution in [0.5, 0.6) is 5.75 Å². The maximum atomic E-state index is 12.8. The summed E-state index contributed by atoms with van der Waals surface area (Å²) in [5, 5.41) is 14.8. The van der Waals surface area contributed by atoms with E-state index in [0.717, 1.165) is 11.1 Å². The third kappa shape index (κ3) is 6.15. The number of anilines is 1. The van der Waals surface area contributed by atoms with E-state index in [1.54, 1.807) is 16.7 Å². The van der Waals surface area contributed by atoms with Crippen molar-refractivity contribution in [2.75, 3.05) is 18.2 Å². The molecular formula is C26H25ClN4O4S2. The van der Waals surface area contributed by atoms with Gasteiger partial charge in [-0.15, -0.1) is 21.5 Å². The minimum absolute atomic E-state index is 0.0801. The van der Waals surface area contributed by atoms with Crippen LogP contribution >= 0.6 is 34.7 Å². The zero-order valence-corrected chi connectivity index (χ0v) is 23.0. The first kappa shape index (κ1) is 26.7. The molecule has 0 saturated heterocycles. The average Bonchev–Trinajstić information content (AvgIpc) is 3.48. The number of carbonyl (C=O) groups excluding carboxylic acids is 2. The minimum atomic E-state index is -0.508. The molecule has 2 aromatic heterocycles. The predicted molar refractivity (Wildman–Crippen MR) is 147 cm³/mol. The molecule has 0 aliphatic heterocycles. The number of carbonyl (C=O) groups is 2. The molecule has 2 heterocycles. The summed E-state index contributed by atoms with van der Waals surface area (Å²) >= 11 is 8.61. The zero-order chi connectivity index (χ0) is 26.5. The molecule has 37 heavy (non-hydrogen) atoms. The Morgan fingerprint density at radius 3 is 2.65 bits per heavy atom. The Hall–Kier alpha value is -3.34. The van der Waals surface area contributed by atoms with Gasteiger partial charge in [0, 0.05) is 23.0 Å². The molecule has 8 nitrogen and oxygen atoms in total. The lowest BCUT2D eigenvalue weighted by molar-refractivity contribution is -0.113. The highest BCUT2D eigenvalue weighted by molar-refractivity contribution is 7.99. The predicted octanol–water partition coefficient (Wildman–Crippen LogP) is 6.16. The molecule has 4 rings (SSSR count). The van der Waals surface area contributed by atoms with Gasteiger partial charge in [-0.3, -0.25) is 4.79 Å². The number of benzene rings is 2. The monoisotopic (exact) mass is 556 g/mol. The maximum absolute atomic E-state index is 12.8. The summed E-state index contributed by atoms with van der Waals surface area (Å²) in [5.41, 5.74) is 2.83. The van der Waals surface area contributed by atoms with Crippen LogP contribution in [-0.2, 0) is 16.6 Å². The van der Waals surface area contributed by atoms with Crippen LogP contribution in [0.3, 0.4) is 0 Å². The van der Waals surface area contributed by atoms with Crippen molar-refractivity contribution in [3.05, 3.63) is 75.9 Å². The highest BCUT2D eigenvalue weighted by Gasteiger charge is 2.23. The number of nitrogens with one attached hydrogen (secondary N) is 1. The number of esters is 1. The molecular weight excluding hydrogens is 532 g/mol. The second kappa shape index (κ2) is 11.8. The van der Waals surface area contributed by atoms with E-state index in [4.69, 9.17) is 21.1 Å². The minimum Gasteiger partial charge on any atom is -0.483 e. The first-order chi connectivity index (χ1) is 17.8. The van der Waals surface area contributed by atoms with Crippen LogP contribution in [0, 0.1) is 6.92 Å². The van der Waals surface area contributed by atoms with Gasteiger partial charge in [-0.05, 0) is 43.2 Å². The van der Waals surface area contributed by atoms with Crippen molar-refractivity contribution in [2.24, 2.45) is 7.05 Å². The number of rotatable bonds is 9. The Morgan fingerprint density at radius 1 is 1.19 bits per heavy atom. The quantitative estimate of drug-likeness (QED) is 0.195. The Kier molecular flexibility index (Phi) is 8.52.